The van der Waals surface area contributed by atoms with E-state index in [2.05, 4.69) is 28.2 Å². The molecular formula is C13H17BrFNO. The van der Waals surface area contributed by atoms with Crippen LogP contribution in [0.25, 0.3) is 0 Å². The van der Waals surface area contributed by atoms with E-state index in [4.69, 9.17) is 4.74 Å². The molecule has 0 heterocycles. The van der Waals surface area contributed by atoms with Crippen LogP contribution < -0.4 is 10.1 Å². The van der Waals surface area contributed by atoms with Crippen molar-refractivity contribution in [3.8, 4) is 5.75 Å². The smallest absolute Gasteiger partial charge is 0.133 e. The maximum absolute atomic E-state index is 12.9. The molecular weight excluding hydrogens is 285 g/mol. The Labute approximate surface area is 110 Å². The highest BCUT2D eigenvalue weighted by molar-refractivity contribution is 9.10. The molecule has 0 aromatic heterocycles. The van der Waals surface area contributed by atoms with Crippen LogP contribution in [-0.2, 0) is 0 Å². The topological polar surface area (TPSA) is 21.3 Å². The van der Waals surface area contributed by atoms with Crippen molar-refractivity contribution in [3.05, 3.63) is 28.5 Å². The van der Waals surface area contributed by atoms with E-state index in [1.807, 2.05) is 0 Å². The van der Waals surface area contributed by atoms with E-state index in [-0.39, 0.29) is 5.82 Å². The Balaban J connectivity index is 1.75. The molecule has 0 amide bonds. The van der Waals surface area contributed by atoms with Crippen molar-refractivity contribution in [2.24, 2.45) is 5.92 Å². The fourth-order valence-electron chi connectivity index (χ4n) is 1.54. The van der Waals surface area contributed by atoms with Gasteiger partial charge in [0.05, 0.1) is 11.1 Å². The fraction of sp³-hybridized carbons (Fsp3) is 0.538. The van der Waals surface area contributed by atoms with Gasteiger partial charge in [-0.15, -0.1) is 0 Å². The van der Waals surface area contributed by atoms with Gasteiger partial charge in [0.1, 0.15) is 11.6 Å². The molecule has 1 aliphatic carbocycles. The van der Waals surface area contributed by atoms with E-state index in [1.165, 1.54) is 25.0 Å². The number of ether oxygens (including phenoxy) is 1. The van der Waals surface area contributed by atoms with Crippen molar-refractivity contribution in [1.82, 2.24) is 5.32 Å². The van der Waals surface area contributed by atoms with Gasteiger partial charge < -0.3 is 10.1 Å². The standard InChI is InChI=1S/C13H17BrFNO/c1-9(7-16-11-3-4-11)8-17-13-5-2-10(15)6-12(13)14/h2,5-6,9,11,16H,3-4,7-8H2,1H3. The summed E-state index contributed by atoms with van der Waals surface area (Å²) in [5.41, 5.74) is 0. The molecule has 0 spiro atoms. The molecule has 1 aliphatic rings. The van der Waals surface area contributed by atoms with Crippen LogP contribution in [-0.4, -0.2) is 19.2 Å². The summed E-state index contributed by atoms with van der Waals surface area (Å²) < 4.78 is 19.2. The Bertz CT molecular complexity index is 382. The van der Waals surface area contributed by atoms with Crippen LogP contribution in [0.5, 0.6) is 5.75 Å². The highest BCUT2D eigenvalue weighted by atomic mass is 79.9. The van der Waals surface area contributed by atoms with Gasteiger partial charge in [-0.3, -0.25) is 0 Å². The van der Waals surface area contributed by atoms with Gasteiger partial charge in [-0.2, -0.15) is 0 Å². The number of hydrogen-bond donors (Lipinski definition) is 1. The van der Waals surface area contributed by atoms with Crippen LogP contribution in [0.15, 0.2) is 22.7 Å². The molecule has 1 atom stereocenters. The maximum Gasteiger partial charge on any atom is 0.133 e. The molecule has 1 aromatic rings. The Morgan fingerprint density at radius 1 is 1.53 bits per heavy atom. The van der Waals surface area contributed by atoms with Gasteiger partial charge in [-0.25, -0.2) is 4.39 Å². The quantitative estimate of drug-likeness (QED) is 0.870. The van der Waals surface area contributed by atoms with Crippen molar-refractivity contribution < 1.29 is 9.13 Å². The van der Waals surface area contributed by atoms with Crippen molar-refractivity contribution in [2.75, 3.05) is 13.2 Å². The lowest BCUT2D eigenvalue weighted by atomic mass is 10.2. The summed E-state index contributed by atoms with van der Waals surface area (Å²) >= 11 is 3.29. The lowest BCUT2D eigenvalue weighted by Crippen LogP contribution is -2.26. The number of rotatable bonds is 6. The molecule has 0 bridgehead atoms. The van der Waals surface area contributed by atoms with Gasteiger partial charge in [0, 0.05) is 18.5 Å². The molecule has 1 saturated carbocycles. The molecule has 0 saturated heterocycles. The first-order valence-corrected chi connectivity index (χ1v) is 6.75. The summed E-state index contributed by atoms with van der Waals surface area (Å²) in [7, 11) is 0. The van der Waals surface area contributed by atoms with E-state index in [0.717, 1.165) is 12.6 Å². The Morgan fingerprint density at radius 3 is 2.94 bits per heavy atom. The summed E-state index contributed by atoms with van der Waals surface area (Å²) in [5, 5.41) is 3.46. The van der Waals surface area contributed by atoms with E-state index in [9.17, 15) is 4.39 Å². The first kappa shape index (κ1) is 12.8. The monoisotopic (exact) mass is 301 g/mol. The van der Waals surface area contributed by atoms with Crippen LogP contribution in [0.2, 0.25) is 0 Å². The van der Waals surface area contributed by atoms with Crippen molar-refractivity contribution in [1.29, 1.82) is 0 Å². The third kappa shape index (κ3) is 4.28. The predicted octanol–water partition coefficient (Wildman–Crippen LogP) is 3.36. The van der Waals surface area contributed by atoms with Gasteiger partial charge in [0.2, 0.25) is 0 Å². The lowest BCUT2D eigenvalue weighted by molar-refractivity contribution is 0.253. The summed E-state index contributed by atoms with van der Waals surface area (Å²) in [5.74, 6) is 0.893. The van der Waals surface area contributed by atoms with Crippen molar-refractivity contribution in [3.63, 3.8) is 0 Å². The summed E-state index contributed by atoms with van der Waals surface area (Å²) in [4.78, 5) is 0. The third-order valence-corrected chi connectivity index (χ3v) is 3.37. The Hall–Kier alpha value is -0.610. The lowest BCUT2D eigenvalue weighted by Gasteiger charge is -2.14. The highest BCUT2D eigenvalue weighted by Gasteiger charge is 2.20. The van der Waals surface area contributed by atoms with Crippen molar-refractivity contribution >= 4 is 15.9 Å². The van der Waals surface area contributed by atoms with E-state index in [0.29, 0.717) is 22.7 Å². The van der Waals surface area contributed by atoms with E-state index >= 15 is 0 Å². The number of nitrogens with one attached hydrogen (secondary N) is 1. The first-order valence-electron chi connectivity index (χ1n) is 5.96. The van der Waals surface area contributed by atoms with Crippen LogP contribution in [0.1, 0.15) is 19.8 Å². The molecule has 2 rings (SSSR count). The van der Waals surface area contributed by atoms with Crippen LogP contribution in [0, 0.1) is 11.7 Å². The Kier molecular flexibility index (Phi) is 4.40. The second-order valence-electron chi connectivity index (χ2n) is 4.67. The summed E-state index contributed by atoms with van der Waals surface area (Å²) in [6, 6.07) is 5.21. The van der Waals surface area contributed by atoms with Crippen LogP contribution in [0.3, 0.4) is 0 Å². The zero-order valence-corrected chi connectivity index (χ0v) is 11.5. The molecule has 1 aromatic carbocycles. The summed E-state index contributed by atoms with van der Waals surface area (Å²) in [6.45, 7) is 3.76. The minimum Gasteiger partial charge on any atom is -0.492 e. The van der Waals surface area contributed by atoms with Crippen molar-refractivity contribution in [2.45, 2.75) is 25.8 Å². The van der Waals surface area contributed by atoms with Gasteiger partial charge in [0.25, 0.3) is 0 Å². The molecule has 94 valence electrons. The van der Waals surface area contributed by atoms with E-state index in [1.54, 1.807) is 6.07 Å². The molecule has 0 radical (unpaired) electrons. The highest BCUT2D eigenvalue weighted by Crippen LogP contribution is 2.26. The molecule has 0 aliphatic heterocycles. The maximum atomic E-state index is 12.9. The van der Waals surface area contributed by atoms with Gasteiger partial charge in [0.15, 0.2) is 0 Å². The zero-order chi connectivity index (χ0) is 12.3. The van der Waals surface area contributed by atoms with Gasteiger partial charge in [-0.1, -0.05) is 6.92 Å². The fourth-order valence-corrected chi connectivity index (χ4v) is 2.00. The largest absolute Gasteiger partial charge is 0.492 e. The second kappa shape index (κ2) is 5.83. The molecule has 2 nitrogen and oxygen atoms in total. The molecule has 17 heavy (non-hydrogen) atoms. The minimum absolute atomic E-state index is 0.257. The SMILES string of the molecule is CC(CNC1CC1)COc1ccc(F)cc1Br. The molecule has 1 N–H and O–H groups in total. The number of halogens is 2. The van der Waals surface area contributed by atoms with Crippen LogP contribution >= 0.6 is 15.9 Å². The molecule has 1 fully saturated rings. The third-order valence-electron chi connectivity index (χ3n) is 2.75. The van der Waals surface area contributed by atoms with Gasteiger partial charge in [-0.05, 0) is 47.0 Å². The normalized spacial score (nSPS) is 16.9. The van der Waals surface area contributed by atoms with Crippen LogP contribution in [0.4, 0.5) is 4.39 Å². The first-order chi connectivity index (χ1) is 8.15. The van der Waals surface area contributed by atoms with E-state index < -0.39 is 0 Å². The molecule has 1 unspecified atom stereocenters. The summed E-state index contributed by atoms with van der Waals surface area (Å²) in [6.07, 6.45) is 2.61. The Morgan fingerprint density at radius 2 is 2.29 bits per heavy atom. The zero-order valence-electron chi connectivity index (χ0n) is 9.88. The number of hydrogen-bond acceptors (Lipinski definition) is 2. The number of benzene rings is 1. The molecule has 4 heteroatoms. The van der Waals surface area contributed by atoms with Gasteiger partial charge >= 0.3 is 0 Å². The predicted molar refractivity (Wildman–Crippen MR) is 69.8 cm³/mol. The average Bonchev–Trinajstić information content (AvgIpc) is 3.09. The minimum atomic E-state index is -0.257. The average molecular weight is 302 g/mol. The second-order valence-corrected chi connectivity index (χ2v) is 5.53.